The molecule has 11 nitrogen and oxygen atoms in total. The summed E-state index contributed by atoms with van der Waals surface area (Å²) >= 11 is 5.78. The molecule has 0 atom stereocenters. The molecule has 31 heavy (non-hydrogen) atoms. The molecule has 0 fully saturated rings. The Kier molecular flexibility index (Phi) is 5.76. The van der Waals surface area contributed by atoms with Crippen LogP contribution < -0.4 is 10.6 Å². The lowest BCUT2D eigenvalue weighted by atomic mass is 10.2. The number of fused-ring (bicyclic) bond motifs is 1. The van der Waals surface area contributed by atoms with Gasteiger partial charge in [0.05, 0.1) is 35.9 Å². The number of hydrogen-bond donors (Lipinski definition) is 2. The zero-order valence-electron chi connectivity index (χ0n) is 16.0. The fourth-order valence-electron chi connectivity index (χ4n) is 2.95. The van der Waals surface area contributed by atoms with Gasteiger partial charge in [0, 0.05) is 18.2 Å². The second-order valence-electron chi connectivity index (χ2n) is 6.44. The third-order valence-corrected chi connectivity index (χ3v) is 4.78. The van der Waals surface area contributed by atoms with Crippen LogP contribution in [0.15, 0.2) is 53.5 Å². The van der Waals surface area contributed by atoms with Crippen LogP contribution in [0.4, 0.5) is 11.5 Å². The quantitative estimate of drug-likeness (QED) is 0.314. The molecule has 2 N–H and O–H groups in total. The minimum atomic E-state index is -0.633. The van der Waals surface area contributed by atoms with E-state index in [0.717, 1.165) is 17.2 Å². The SMILES string of the molecule is O=C(NCCn1ncc2c(NCc3ccco3)ncnc21)c1ccc(Cl)c([N+](=O)[O-])c1. The molecule has 1 amide bonds. The van der Waals surface area contributed by atoms with Crippen molar-refractivity contribution < 1.29 is 14.1 Å². The highest BCUT2D eigenvalue weighted by molar-refractivity contribution is 6.32. The lowest BCUT2D eigenvalue weighted by Gasteiger charge is -2.07. The molecular formula is C19H16ClN7O4. The first kappa shape index (κ1) is 20.3. The molecule has 0 aliphatic heterocycles. The van der Waals surface area contributed by atoms with Crippen LogP contribution in [0.5, 0.6) is 0 Å². The van der Waals surface area contributed by atoms with Gasteiger partial charge >= 0.3 is 0 Å². The van der Waals surface area contributed by atoms with Crippen molar-refractivity contribution in [3.63, 3.8) is 0 Å². The third-order valence-electron chi connectivity index (χ3n) is 4.46. The van der Waals surface area contributed by atoms with E-state index in [9.17, 15) is 14.9 Å². The van der Waals surface area contributed by atoms with Gasteiger partial charge in [-0.1, -0.05) is 11.6 Å². The van der Waals surface area contributed by atoms with Crippen molar-refractivity contribution >= 4 is 40.0 Å². The summed E-state index contributed by atoms with van der Waals surface area (Å²) in [4.78, 5) is 31.2. The second-order valence-corrected chi connectivity index (χ2v) is 6.85. The molecule has 0 aliphatic carbocycles. The summed E-state index contributed by atoms with van der Waals surface area (Å²) in [5.74, 6) is 0.932. The molecule has 0 unspecified atom stereocenters. The molecule has 3 aromatic heterocycles. The van der Waals surface area contributed by atoms with E-state index >= 15 is 0 Å². The van der Waals surface area contributed by atoms with Crippen molar-refractivity contribution in [3.8, 4) is 0 Å². The molecule has 4 rings (SSSR count). The highest BCUT2D eigenvalue weighted by Crippen LogP contribution is 2.25. The maximum absolute atomic E-state index is 12.3. The van der Waals surface area contributed by atoms with Crippen LogP contribution in [0.1, 0.15) is 16.1 Å². The van der Waals surface area contributed by atoms with Gasteiger partial charge in [-0.25, -0.2) is 14.6 Å². The molecule has 12 heteroatoms. The first-order chi connectivity index (χ1) is 15.0. The van der Waals surface area contributed by atoms with Gasteiger partial charge in [-0.15, -0.1) is 0 Å². The Balaban J connectivity index is 1.40. The van der Waals surface area contributed by atoms with Crippen molar-refractivity contribution in [1.29, 1.82) is 0 Å². The van der Waals surface area contributed by atoms with E-state index in [1.165, 1.54) is 18.5 Å². The number of nitro groups is 1. The topological polar surface area (TPSA) is 141 Å². The minimum Gasteiger partial charge on any atom is -0.467 e. The summed E-state index contributed by atoms with van der Waals surface area (Å²) in [6.07, 6.45) is 4.67. The molecule has 0 saturated carbocycles. The van der Waals surface area contributed by atoms with Crippen molar-refractivity contribution in [2.24, 2.45) is 0 Å². The Morgan fingerprint density at radius 3 is 2.94 bits per heavy atom. The first-order valence-corrected chi connectivity index (χ1v) is 9.55. The molecule has 0 bridgehead atoms. The summed E-state index contributed by atoms with van der Waals surface area (Å²) < 4.78 is 6.94. The highest BCUT2D eigenvalue weighted by Gasteiger charge is 2.16. The van der Waals surface area contributed by atoms with Crippen molar-refractivity contribution in [1.82, 2.24) is 25.1 Å². The number of anilines is 1. The number of nitrogens with zero attached hydrogens (tertiary/aromatic N) is 5. The first-order valence-electron chi connectivity index (χ1n) is 9.18. The fourth-order valence-corrected chi connectivity index (χ4v) is 3.14. The summed E-state index contributed by atoms with van der Waals surface area (Å²) in [5, 5.41) is 21.9. The number of amides is 1. The molecule has 0 aliphatic rings. The normalized spacial score (nSPS) is 10.9. The van der Waals surface area contributed by atoms with Crippen molar-refractivity contribution in [3.05, 3.63) is 75.6 Å². The number of rotatable bonds is 8. The van der Waals surface area contributed by atoms with Crippen LogP contribution in [-0.2, 0) is 13.1 Å². The van der Waals surface area contributed by atoms with Crippen molar-refractivity contribution in [2.45, 2.75) is 13.1 Å². The van der Waals surface area contributed by atoms with Gasteiger partial charge < -0.3 is 15.1 Å². The largest absolute Gasteiger partial charge is 0.467 e. The fraction of sp³-hybridized carbons (Fsp3) is 0.158. The van der Waals surface area contributed by atoms with Gasteiger partial charge in [-0.2, -0.15) is 5.10 Å². The van der Waals surface area contributed by atoms with Gasteiger partial charge in [-0.05, 0) is 24.3 Å². The number of hydrogen-bond acceptors (Lipinski definition) is 8. The van der Waals surface area contributed by atoms with Crippen LogP contribution >= 0.6 is 11.6 Å². The van der Waals surface area contributed by atoms with Gasteiger partial charge in [-0.3, -0.25) is 14.9 Å². The smallest absolute Gasteiger partial charge is 0.288 e. The number of benzene rings is 1. The molecule has 3 heterocycles. The molecule has 1 aromatic carbocycles. The second kappa shape index (κ2) is 8.79. The van der Waals surface area contributed by atoms with E-state index in [2.05, 4.69) is 25.7 Å². The Hall–Kier alpha value is -3.99. The number of aromatic nitrogens is 4. The average Bonchev–Trinajstić information content (AvgIpc) is 3.42. The third kappa shape index (κ3) is 4.46. The van der Waals surface area contributed by atoms with Crippen molar-refractivity contribution in [2.75, 3.05) is 11.9 Å². The summed E-state index contributed by atoms with van der Waals surface area (Å²) in [6.45, 7) is 1.05. The van der Waals surface area contributed by atoms with Gasteiger partial charge in [0.1, 0.15) is 22.9 Å². The maximum Gasteiger partial charge on any atom is 0.288 e. The maximum atomic E-state index is 12.3. The number of nitro benzene ring substituents is 1. The van der Waals surface area contributed by atoms with E-state index in [4.69, 9.17) is 16.0 Å². The molecule has 0 radical (unpaired) electrons. The van der Waals surface area contributed by atoms with Gasteiger partial charge in [0.2, 0.25) is 0 Å². The summed E-state index contributed by atoms with van der Waals surface area (Å²) in [5.41, 5.74) is 0.431. The highest BCUT2D eigenvalue weighted by atomic mass is 35.5. The zero-order valence-corrected chi connectivity index (χ0v) is 16.7. The average molecular weight is 442 g/mol. The zero-order chi connectivity index (χ0) is 21.8. The number of carbonyl (C=O) groups excluding carboxylic acids is 1. The number of furan rings is 1. The van der Waals surface area contributed by atoms with Crippen LogP contribution in [0.25, 0.3) is 11.0 Å². The predicted molar refractivity (Wildman–Crippen MR) is 112 cm³/mol. The molecule has 0 saturated heterocycles. The molecule has 158 valence electrons. The monoisotopic (exact) mass is 441 g/mol. The Labute approximate surface area is 180 Å². The van der Waals surface area contributed by atoms with E-state index in [0.29, 0.717) is 24.6 Å². The minimum absolute atomic E-state index is 0.0271. The number of nitrogens with one attached hydrogen (secondary N) is 2. The summed E-state index contributed by atoms with van der Waals surface area (Å²) in [6, 6.07) is 7.56. The molecule has 0 spiro atoms. The van der Waals surface area contributed by atoms with Gasteiger partial charge in [0.15, 0.2) is 5.65 Å². The van der Waals surface area contributed by atoms with E-state index in [-0.39, 0.29) is 22.8 Å². The molecular weight excluding hydrogens is 426 g/mol. The number of carbonyl (C=O) groups is 1. The standard InChI is InChI=1S/C19H16ClN7O4/c20-15-4-3-12(8-16(15)27(29)30)19(28)21-5-6-26-18-14(10-25-26)17(23-11-24-18)22-9-13-2-1-7-31-13/h1-4,7-8,10-11H,5-6,9H2,(H,21,28)(H,22,23,24). The lowest BCUT2D eigenvalue weighted by molar-refractivity contribution is -0.384. The molecule has 4 aromatic rings. The van der Waals surface area contributed by atoms with E-state index in [1.807, 2.05) is 6.07 Å². The lowest BCUT2D eigenvalue weighted by Crippen LogP contribution is -2.27. The Morgan fingerprint density at radius 2 is 2.16 bits per heavy atom. The van der Waals surface area contributed by atoms with Crippen LogP contribution in [-0.4, -0.2) is 37.1 Å². The van der Waals surface area contributed by atoms with Crippen LogP contribution in [0, 0.1) is 10.1 Å². The number of halogens is 1. The Morgan fingerprint density at radius 1 is 1.29 bits per heavy atom. The van der Waals surface area contributed by atoms with Gasteiger partial charge in [0.25, 0.3) is 11.6 Å². The van der Waals surface area contributed by atoms with E-state index < -0.39 is 10.8 Å². The van der Waals surface area contributed by atoms with Crippen LogP contribution in [0.3, 0.4) is 0 Å². The Bertz CT molecular complexity index is 1240. The summed E-state index contributed by atoms with van der Waals surface area (Å²) in [7, 11) is 0. The predicted octanol–water partition coefficient (Wildman–Crippen LogP) is 3.02. The van der Waals surface area contributed by atoms with E-state index in [1.54, 1.807) is 23.2 Å². The van der Waals surface area contributed by atoms with Crippen LogP contribution in [0.2, 0.25) is 5.02 Å².